The predicted molar refractivity (Wildman–Crippen MR) is 97.6 cm³/mol. The Morgan fingerprint density at radius 1 is 1.40 bits per heavy atom. The first kappa shape index (κ1) is 15.4. The van der Waals surface area contributed by atoms with Crippen molar-refractivity contribution in [2.45, 2.75) is 44.1 Å². The highest BCUT2D eigenvalue weighted by molar-refractivity contribution is 5.91. The molecule has 4 heterocycles. The van der Waals surface area contributed by atoms with Crippen LogP contribution < -0.4 is 0 Å². The fourth-order valence-electron chi connectivity index (χ4n) is 6.27. The summed E-state index contributed by atoms with van der Waals surface area (Å²) in [7, 11) is 1.55. The van der Waals surface area contributed by atoms with E-state index in [1.165, 1.54) is 17.4 Å². The smallest absolute Gasteiger partial charge is 0.319 e. The summed E-state index contributed by atoms with van der Waals surface area (Å²) in [6.07, 6.45) is 4.33. The van der Waals surface area contributed by atoms with E-state index in [1.54, 1.807) is 7.11 Å². The van der Waals surface area contributed by atoms with Crippen molar-refractivity contribution >= 4 is 16.9 Å². The molecule has 132 valence electrons. The number of para-hydroxylation sites is 1. The van der Waals surface area contributed by atoms with Gasteiger partial charge >= 0.3 is 5.97 Å². The van der Waals surface area contributed by atoms with Crippen LogP contribution in [-0.2, 0) is 21.4 Å². The highest BCUT2D eigenvalue weighted by Gasteiger charge is 2.62. The van der Waals surface area contributed by atoms with Gasteiger partial charge in [0.1, 0.15) is 5.41 Å². The van der Waals surface area contributed by atoms with E-state index in [-0.39, 0.29) is 12.0 Å². The van der Waals surface area contributed by atoms with Gasteiger partial charge in [-0.2, -0.15) is 0 Å². The van der Waals surface area contributed by atoms with E-state index in [9.17, 15) is 4.79 Å². The molecule has 6 rings (SSSR count). The van der Waals surface area contributed by atoms with Crippen molar-refractivity contribution in [1.82, 2.24) is 9.88 Å². The minimum absolute atomic E-state index is 0.0416. The number of fused-ring (bicyclic) bond motifs is 4. The van der Waals surface area contributed by atoms with Crippen molar-refractivity contribution in [3.8, 4) is 0 Å². The van der Waals surface area contributed by atoms with Gasteiger partial charge in [0.2, 0.25) is 0 Å². The number of hydrogen-bond donors (Lipinski definition) is 1. The monoisotopic (exact) mass is 338 g/mol. The molecule has 1 N–H and O–H groups in total. The Morgan fingerprint density at radius 3 is 3.04 bits per heavy atom. The normalized spacial score (nSPS) is 36.1. The third kappa shape index (κ3) is 1.89. The molecule has 1 aromatic carbocycles. The van der Waals surface area contributed by atoms with E-state index in [0.29, 0.717) is 11.8 Å². The summed E-state index contributed by atoms with van der Waals surface area (Å²) >= 11 is 0. The van der Waals surface area contributed by atoms with Gasteiger partial charge in [-0.1, -0.05) is 31.5 Å². The second kappa shape index (κ2) is 5.34. The third-order valence-electron chi connectivity index (χ3n) is 7.07. The largest absolute Gasteiger partial charge is 0.468 e. The SMILES string of the molecule is CC[C@H]1CC2CN3CCc4c([nH]c5ccccc45)[C@](C(=O)OC)(C2)[C@H]13. The fourth-order valence-corrected chi connectivity index (χ4v) is 6.27. The second-order valence-electron chi connectivity index (χ2n) is 8.15. The van der Waals surface area contributed by atoms with Gasteiger partial charge in [-0.3, -0.25) is 9.69 Å². The second-order valence-corrected chi connectivity index (χ2v) is 8.15. The van der Waals surface area contributed by atoms with E-state index in [4.69, 9.17) is 4.74 Å². The van der Waals surface area contributed by atoms with Crippen LogP contribution in [0.15, 0.2) is 24.3 Å². The molecule has 1 saturated carbocycles. The first-order valence-electron chi connectivity index (χ1n) is 9.61. The lowest BCUT2D eigenvalue weighted by Gasteiger charge is -2.57. The standard InChI is InChI=1S/C21H26N2O2/c1-3-14-10-13-11-21(20(24)25-2)18-16(8-9-23(12-13)19(14)21)15-6-4-5-7-17(15)22-18/h4-7,13-14,19,22H,3,8-12H2,1-2H3/t13?,14-,19-,21+/m0/s1. The number of carbonyl (C=O) groups is 1. The zero-order chi connectivity index (χ0) is 17.2. The van der Waals surface area contributed by atoms with Crippen LogP contribution in [0.5, 0.6) is 0 Å². The molecular formula is C21H26N2O2. The molecule has 2 saturated heterocycles. The number of H-pyrrole nitrogens is 1. The number of nitrogens with one attached hydrogen (secondary N) is 1. The summed E-state index contributed by atoms with van der Waals surface area (Å²) in [4.78, 5) is 19.5. The summed E-state index contributed by atoms with van der Waals surface area (Å²) in [5.41, 5.74) is 3.11. The molecule has 4 nitrogen and oxygen atoms in total. The average molecular weight is 338 g/mol. The van der Waals surface area contributed by atoms with Crippen molar-refractivity contribution < 1.29 is 9.53 Å². The number of nitrogens with zero attached hydrogens (tertiary/aromatic N) is 1. The molecule has 5 atom stereocenters. The number of benzene rings is 1. The van der Waals surface area contributed by atoms with Crippen LogP contribution in [0, 0.1) is 11.8 Å². The van der Waals surface area contributed by atoms with E-state index < -0.39 is 5.41 Å². The summed E-state index contributed by atoms with van der Waals surface area (Å²) in [6.45, 7) is 4.46. The van der Waals surface area contributed by atoms with Crippen LogP contribution in [0.3, 0.4) is 0 Å². The van der Waals surface area contributed by atoms with E-state index in [2.05, 4.69) is 41.1 Å². The molecule has 3 fully saturated rings. The zero-order valence-corrected chi connectivity index (χ0v) is 15.0. The highest BCUT2D eigenvalue weighted by atomic mass is 16.5. The Labute approximate surface area is 148 Å². The van der Waals surface area contributed by atoms with E-state index >= 15 is 0 Å². The summed E-state index contributed by atoms with van der Waals surface area (Å²) in [5.74, 6) is 1.12. The summed E-state index contributed by atoms with van der Waals surface area (Å²) in [6, 6.07) is 8.75. The minimum Gasteiger partial charge on any atom is -0.468 e. The van der Waals surface area contributed by atoms with Gasteiger partial charge < -0.3 is 9.72 Å². The molecular weight excluding hydrogens is 312 g/mol. The fraction of sp³-hybridized carbons (Fsp3) is 0.571. The van der Waals surface area contributed by atoms with Crippen LogP contribution in [-0.4, -0.2) is 42.1 Å². The molecule has 1 aliphatic carbocycles. The van der Waals surface area contributed by atoms with Gasteiger partial charge in [-0.15, -0.1) is 0 Å². The Balaban J connectivity index is 1.81. The molecule has 0 radical (unpaired) electrons. The van der Waals surface area contributed by atoms with Crippen molar-refractivity contribution in [3.63, 3.8) is 0 Å². The van der Waals surface area contributed by atoms with Gasteiger partial charge in [0.15, 0.2) is 0 Å². The third-order valence-corrected chi connectivity index (χ3v) is 7.07. The van der Waals surface area contributed by atoms with Crippen molar-refractivity contribution in [3.05, 3.63) is 35.5 Å². The van der Waals surface area contributed by atoms with Crippen LogP contribution >= 0.6 is 0 Å². The molecule has 2 aromatic rings. The number of rotatable bonds is 2. The van der Waals surface area contributed by atoms with Crippen LogP contribution in [0.4, 0.5) is 0 Å². The number of ether oxygens (including phenoxy) is 1. The number of esters is 1. The molecule has 3 aliphatic heterocycles. The van der Waals surface area contributed by atoms with Gasteiger partial charge in [-0.25, -0.2) is 0 Å². The maximum atomic E-state index is 13.3. The zero-order valence-electron chi connectivity index (χ0n) is 15.0. The van der Waals surface area contributed by atoms with Crippen LogP contribution in [0.25, 0.3) is 10.9 Å². The Morgan fingerprint density at radius 2 is 2.24 bits per heavy atom. The number of carbonyl (C=O) groups excluding carboxylic acids is 1. The van der Waals surface area contributed by atoms with Crippen LogP contribution in [0.2, 0.25) is 0 Å². The topological polar surface area (TPSA) is 45.3 Å². The Hall–Kier alpha value is -1.81. The van der Waals surface area contributed by atoms with E-state index in [0.717, 1.165) is 43.6 Å². The summed E-state index contributed by atoms with van der Waals surface area (Å²) in [5, 5.41) is 1.28. The molecule has 0 amide bonds. The lowest BCUT2D eigenvalue weighted by atomic mass is 9.56. The predicted octanol–water partition coefficient (Wildman–Crippen LogP) is 3.26. The Kier molecular flexibility index (Phi) is 3.30. The number of methoxy groups -OCH3 is 1. The minimum atomic E-state index is -0.526. The number of piperidine rings is 2. The average Bonchev–Trinajstić information content (AvgIpc) is 3.00. The van der Waals surface area contributed by atoms with Gasteiger partial charge in [-0.05, 0) is 42.7 Å². The molecule has 4 bridgehead atoms. The van der Waals surface area contributed by atoms with Crippen molar-refractivity contribution in [2.24, 2.45) is 11.8 Å². The number of aromatic amines is 1. The van der Waals surface area contributed by atoms with Crippen molar-refractivity contribution in [2.75, 3.05) is 20.2 Å². The first-order chi connectivity index (χ1) is 12.2. The van der Waals surface area contributed by atoms with Gasteiger partial charge in [0, 0.05) is 35.7 Å². The first-order valence-corrected chi connectivity index (χ1v) is 9.61. The molecule has 4 heteroatoms. The summed E-state index contributed by atoms with van der Waals surface area (Å²) < 4.78 is 5.43. The maximum Gasteiger partial charge on any atom is 0.319 e. The highest BCUT2D eigenvalue weighted by Crippen LogP contribution is 2.55. The molecule has 4 aliphatic rings. The number of aromatic nitrogens is 1. The molecule has 2 unspecified atom stereocenters. The molecule has 0 spiro atoms. The Bertz CT molecular complexity index is 842. The quantitative estimate of drug-likeness (QED) is 0.855. The lowest BCUT2D eigenvalue weighted by Crippen LogP contribution is -2.67. The number of hydrogen-bond acceptors (Lipinski definition) is 3. The van der Waals surface area contributed by atoms with Gasteiger partial charge in [0.25, 0.3) is 0 Å². The lowest BCUT2D eigenvalue weighted by molar-refractivity contribution is -0.162. The van der Waals surface area contributed by atoms with Gasteiger partial charge in [0.05, 0.1) is 7.11 Å². The van der Waals surface area contributed by atoms with Crippen molar-refractivity contribution in [1.29, 1.82) is 0 Å². The van der Waals surface area contributed by atoms with Crippen LogP contribution in [0.1, 0.15) is 37.4 Å². The maximum absolute atomic E-state index is 13.3. The molecule has 1 aromatic heterocycles. The molecule has 25 heavy (non-hydrogen) atoms. The van der Waals surface area contributed by atoms with E-state index in [1.807, 2.05) is 0 Å².